The molecular formula is C25H20ClFN2O6S. The van der Waals surface area contributed by atoms with Crippen LogP contribution in [-0.2, 0) is 14.3 Å². The molecule has 0 aliphatic carbocycles. The molecule has 0 N–H and O–H groups in total. The molecule has 1 aromatic heterocycles. The number of aromatic nitrogens is 1. The van der Waals surface area contributed by atoms with Crippen LogP contribution in [0.15, 0.2) is 57.5 Å². The second-order valence-corrected chi connectivity index (χ2v) is 9.13. The fraction of sp³-hybridized carbons (Fsp3) is 0.200. The van der Waals surface area contributed by atoms with Crippen molar-refractivity contribution >= 4 is 41.0 Å². The van der Waals surface area contributed by atoms with E-state index in [9.17, 15) is 18.8 Å². The maximum absolute atomic E-state index is 14.4. The number of carbonyl (C=O) groups is 2. The Hall–Kier alpha value is -3.76. The van der Waals surface area contributed by atoms with Gasteiger partial charge in [0.1, 0.15) is 5.82 Å². The summed E-state index contributed by atoms with van der Waals surface area (Å²) in [5.74, 6) is -1.39. The van der Waals surface area contributed by atoms with Crippen LogP contribution in [0.5, 0.6) is 11.5 Å². The molecule has 2 heterocycles. The fourth-order valence-electron chi connectivity index (χ4n) is 3.88. The highest BCUT2D eigenvalue weighted by molar-refractivity contribution is 7.07. The van der Waals surface area contributed by atoms with Crippen LogP contribution in [0, 0.1) is 5.82 Å². The van der Waals surface area contributed by atoms with E-state index in [1.165, 1.54) is 56.1 Å². The molecule has 2 aromatic carbocycles. The number of nitrogens with zero attached hydrogens (tertiary/aromatic N) is 2. The average molecular weight is 531 g/mol. The molecule has 36 heavy (non-hydrogen) atoms. The highest BCUT2D eigenvalue weighted by Gasteiger charge is 2.33. The van der Waals surface area contributed by atoms with Crippen molar-refractivity contribution in [3.05, 3.63) is 89.3 Å². The van der Waals surface area contributed by atoms with Crippen LogP contribution in [0.25, 0.3) is 6.08 Å². The zero-order chi connectivity index (χ0) is 26.1. The molecule has 8 nitrogen and oxygen atoms in total. The van der Waals surface area contributed by atoms with Crippen molar-refractivity contribution in [2.75, 3.05) is 14.2 Å². The van der Waals surface area contributed by atoms with Crippen LogP contribution in [0.3, 0.4) is 0 Å². The molecule has 0 saturated heterocycles. The summed E-state index contributed by atoms with van der Waals surface area (Å²) >= 11 is 7.19. The summed E-state index contributed by atoms with van der Waals surface area (Å²) in [6.07, 6.45) is 1.36. The zero-order valence-corrected chi connectivity index (χ0v) is 21.2. The summed E-state index contributed by atoms with van der Waals surface area (Å²) in [4.78, 5) is 42.6. The molecule has 11 heteroatoms. The number of rotatable bonds is 5. The molecule has 0 fully saturated rings. The zero-order valence-electron chi connectivity index (χ0n) is 19.6. The van der Waals surface area contributed by atoms with E-state index in [1.54, 1.807) is 19.1 Å². The SMILES string of the molecule is COC(=O)C1=C(C)N=c2s/c(=C/c3c(F)cccc3Cl)c(=O)n2[C@@H]1c1ccc(OC(C)=O)c(OC)c1. The van der Waals surface area contributed by atoms with Crippen molar-refractivity contribution in [3.63, 3.8) is 0 Å². The van der Waals surface area contributed by atoms with E-state index in [2.05, 4.69) is 4.99 Å². The Morgan fingerprint density at radius 3 is 2.58 bits per heavy atom. The number of halogens is 2. The second kappa shape index (κ2) is 10.1. The van der Waals surface area contributed by atoms with Crippen molar-refractivity contribution in [3.8, 4) is 11.5 Å². The quantitative estimate of drug-likeness (QED) is 0.371. The summed E-state index contributed by atoms with van der Waals surface area (Å²) < 4.78 is 31.5. The van der Waals surface area contributed by atoms with E-state index in [0.717, 1.165) is 11.3 Å². The van der Waals surface area contributed by atoms with Crippen LogP contribution in [0.1, 0.15) is 31.0 Å². The highest BCUT2D eigenvalue weighted by atomic mass is 35.5. The first-order chi connectivity index (χ1) is 17.2. The van der Waals surface area contributed by atoms with Gasteiger partial charge >= 0.3 is 11.9 Å². The van der Waals surface area contributed by atoms with Crippen LogP contribution >= 0.6 is 22.9 Å². The molecular weight excluding hydrogens is 511 g/mol. The van der Waals surface area contributed by atoms with Crippen molar-refractivity contribution in [2.45, 2.75) is 19.9 Å². The molecule has 4 rings (SSSR count). The van der Waals surface area contributed by atoms with Crippen LogP contribution in [0.4, 0.5) is 4.39 Å². The molecule has 1 aliphatic heterocycles. The summed E-state index contributed by atoms with van der Waals surface area (Å²) in [7, 11) is 2.63. The van der Waals surface area contributed by atoms with Crippen LogP contribution in [0.2, 0.25) is 5.02 Å². The minimum atomic E-state index is -0.938. The molecule has 0 amide bonds. The number of hydrogen-bond donors (Lipinski definition) is 0. The first-order valence-corrected chi connectivity index (χ1v) is 11.8. The molecule has 186 valence electrons. The Morgan fingerprint density at radius 1 is 1.19 bits per heavy atom. The second-order valence-electron chi connectivity index (χ2n) is 7.71. The Kier molecular flexibility index (Phi) is 7.09. The lowest BCUT2D eigenvalue weighted by Crippen LogP contribution is -2.39. The van der Waals surface area contributed by atoms with E-state index >= 15 is 0 Å². The molecule has 1 aliphatic rings. The van der Waals surface area contributed by atoms with Gasteiger partial charge in [-0.2, -0.15) is 0 Å². The molecule has 0 spiro atoms. The number of allylic oxidation sites excluding steroid dienone is 1. The number of benzene rings is 2. The third-order valence-electron chi connectivity index (χ3n) is 5.46. The standard InChI is InChI=1S/C25H20ClFN2O6S/c1-12-21(24(32)34-4)22(14-8-9-18(35-13(2)30)19(10-14)33-3)29-23(31)20(36-25(29)28-12)11-15-16(26)6-5-7-17(15)27/h5-11,22H,1-4H3/b20-11+/t22-/m1/s1. The Balaban J connectivity index is 1.99. The van der Waals surface area contributed by atoms with Crippen LogP contribution < -0.4 is 24.4 Å². The summed E-state index contributed by atoms with van der Waals surface area (Å²) in [5.41, 5.74) is 0.542. The van der Waals surface area contributed by atoms with Gasteiger partial charge in [0.25, 0.3) is 5.56 Å². The largest absolute Gasteiger partial charge is 0.493 e. The van der Waals surface area contributed by atoms with Crippen molar-refractivity contribution < 1.29 is 28.2 Å². The third-order valence-corrected chi connectivity index (χ3v) is 6.77. The number of fused-ring (bicyclic) bond motifs is 1. The maximum Gasteiger partial charge on any atom is 0.338 e. The van der Waals surface area contributed by atoms with Crippen LogP contribution in [-0.4, -0.2) is 30.7 Å². The van der Waals surface area contributed by atoms with Gasteiger partial charge in [-0.25, -0.2) is 14.2 Å². The first kappa shape index (κ1) is 25.3. The molecule has 0 radical (unpaired) electrons. The van der Waals surface area contributed by atoms with Gasteiger partial charge in [-0.1, -0.05) is 35.1 Å². The number of esters is 2. The lowest BCUT2D eigenvalue weighted by atomic mass is 9.95. The van der Waals surface area contributed by atoms with Crippen molar-refractivity contribution in [1.82, 2.24) is 4.57 Å². The van der Waals surface area contributed by atoms with Gasteiger partial charge in [0.05, 0.1) is 41.1 Å². The molecule has 3 aromatic rings. The van der Waals surface area contributed by atoms with Gasteiger partial charge in [-0.3, -0.25) is 14.2 Å². The summed E-state index contributed by atoms with van der Waals surface area (Å²) in [6, 6.07) is 7.98. The number of methoxy groups -OCH3 is 2. The van der Waals surface area contributed by atoms with E-state index in [-0.39, 0.29) is 32.2 Å². The number of carbonyl (C=O) groups excluding carboxylic acids is 2. The molecule has 0 unspecified atom stereocenters. The molecule has 0 saturated carbocycles. The van der Waals surface area contributed by atoms with Crippen molar-refractivity contribution in [1.29, 1.82) is 0 Å². The Bertz CT molecular complexity index is 1590. The lowest BCUT2D eigenvalue weighted by molar-refractivity contribution is -0.136. The van der Waals surface area contributed by atoms with E-state index < -0.39 is 29.4 Å². The normalized spacial score (nSPS) is 15.3. The number of hydrogen-bond acceptors (Lipinski definition) is 8. The number of thiazole rings is 1. The first-order valence-electron chi connectivity index (χ1n) is 10.6. The highest BCUT2D eigenvalue weighted by Crippen LogP contribution is 2.36. The molecule has 0 bridgehead atoms. The summed E-state index contributed by atoms with van der Waals surface area (Å²) in [6.45, 7) is 2.89. The molecule has 1 atom stereocenters. The van der Waals surface area contributed by atoms with Gasteiger partial charge in [0.2, 0.25) is 0 Å². The van der Waals surface area contributed by atoms with E-state index in [0.29, 0.717) is 16.1 Å². The summed E-state index contributed by atoms with van der Waals surface area (Å²) in [5, 5.41) is 0.148. The maximum atomic E-state index is 14.4. The van der Waals surface area contributed by atoms with Gasteiger partial charge in [-0.05, 0) is 42.8 Å². The van der Waals surface area contributed by atoms with Gasteiger partial charge in [0, 0.05) is 12.5 Å². The monoisotopic (exact) mass is 530 g/mol. The lowest BCUT2D eigenvalue weighted by Gasteiger charge is -2.25. The Labute approximate surface area is 213 Å². The van der Waals surface area contributed by atoms with E-state index in [1.807, 2.05) is 0 Å². The van der Waals surface area contributed by atoms with E-state index in [4.69, 9.17) is 25.8 Å². The topological polar surface area (TPSA) is 96.2 Å². The Morgan fingerprint density at radius 2 is 1.94 bits per heavy atom. The minimum Gasteiger partial charge on any atom is -0.493 e. The van der Waals surface area contributed by atoms with Gasteiger partial charge < -0.3 is 14.2 Å². The minimum absolute atomic E-state index is 0.0669. The third kappa shape index (κ3) is 4.57. The number of ether oxygens (including phenoxy) is 3. The average Bonchev–Trinajstić information content (AvgIpc) is 3.14. The predicted octanol–water partition coefficient (Wildman–Crippen LogP) is 3.13. The predicted molar refractivity (Wildman–Crippen MR) is 131 cm³/mol. The van der Waals surface area contributed by atoms with Crippen molar-refractivity contribution in [2.24, 2.45) is 4.99 Å². The van der Waals surface area contributed by atoms with Gasteiger partial charge in [-0.15, -0.1) is 0 Å². The fourth-order valence-corrected chi connectivity index (χ4v) is 5.13. The van der Waals surface area contributed by atoms with Gasteiger partial charge in [0.15, 0.2) is 16.3 Å². The smallest absolute Gasteiger partial charge is 0.338 e.